The Hall–Kier alpha value is -0.0800. The fourth-order valence-electron chi connectivity index (χ4n) is 4.14. The van der Waals surface area contributed by atoms with Gasteiger partial charge >= 0.3 is 0 Å². The van der Waals surface area contributed by atoms with Crippen molar-refractivity contribution in [2.45, 2.75) is 89.9 Å². The maximum absolute atomic E-state index is 3.94. The predicted octanol–water partition coefficient (Wildman–Crippen LogP) is 3.07. The molecule has 0 aromatic heterocycles. The quantitative estimate of drug-likeness (QED) is 0.772. The van der Waals surface area contributed by atoms with Gasteiger partial charge in [0.25, 0.3) is 0 Å². The smallest absolute Gasteiger partial charge is 0.0144 e. The first kappa shape index (κ1) is 13.4. The molecule has 1 aliphatic carbocycles. The standard InChI is InChI=1S/C15H30N2/c1-11-7-6-8-13(11)16-12-9-14(2,3)17-15(4,5)10-12/h11-13,16-17H,6-10H2,1-5H3. The maximum atomic E-state index is 3.94. The van der Waals surface area contributed by atoms with E-state index in [-0.39, 0.29) is 11.1 Å². The molecule has 0 aromatic carbocycles. The average Bonchev–Trinajstić information content (AvgIpc) is 2.45. The summed E-state index contributed by atoms with van der Waals surface area (Å²) in [7, 11) is 0. The van der Waals surface area contributed by atoms with Crippen LogP contribution in [0.1, 0.15) is 66.7 Å². The van der Waals surface area contributed by atoms with Gasteiger partial charge in [-0.2, -0.15) is 0 Å². The number of hydrogen-bond donors (Lipinski definition) is 2. The van der Waals surface area contributed by atoms with Gasteiger partial charge in [-0.05, 0) is 59.3 Å². The van der Waals surface area contributed by atoms with Crippen LogP contribution in [0.3, 0.4) is 0 Å². The fourth-order valence-corrected chi connectivity index (χ4v) is 4.14. The van der Waals surface area contributed by atoms with Crippen LogP contribution in [0.2, 0.25) is 0 Å². The lowest BCUT2D eigenvalue weighted by Gasteiger charge is -2.47. The summed E-state index contributed by atoms with van der Waals surface area (Å²) in [5.74, 6) is 0.871. The fraction of sp³-hybridized carbons (Fsp3) is 1.00. The molecular weight excluding hydrogens is 208 g/mol. The Labute approximate surface area is 107 Å². The molecular formula is C15H30N2. The maximum Gasteiger partial charge on any atom is 0.0144 e. The van der Waals surface area contributed by atoms with Crippen LogP contribution in [0, 0.1) is 5.92 Å². The minimum Gasteiger partial charge on any atom is -0.311 e. The van der Waals surface area contributed by atoms with Gasteiger partial charge < -0.3 is 10.6 Å². The summed E-state index contributed by atoms with van der Waals surface area (Å²) in [6, 6.07) is 1.46. The molecule has 1 aliphatic heterocycles. The molecule has 1 saturated heterocycles. The number of rotatable bonds is 2. The molecule has 2 unspecified atom stereocenters. The molecule has 1 heterocycles. The Morgan fingerprint density at radius 1 is 1.00 bits per heavy atom. The average molecular weight is 238 g/mol. The van der Waals surface area contributed by atoms with E-state index in [0.29, 0.717) is 6.04 Å². The molecule has 0 spiro atoms. The summed E-state index contributed by atoms with van der Waals surface area (Å²) < 4.78 is 0. The zero-order chi connectivity index (χ0) is 12.7. The lowest BCUT2D eigenvalue weighted by molar-refractivity contribution is 0.136. The third kappa shape index (κ3) is 3.45. The second kappa shape index (κ2) is 4.55. The third-order valence-electron chi connectivity index (χ3n) is 4.50. The van der Waals surface area contributed by atoms with Crippen molar-refractivity contribution in [3.8, 4) is 0 Å². The van der Waals surface area contributed by atoms with E-state index in [1.807, 2.05) is 0 Å². The van der Waals surface area contributed by atoms with Crippen LogP contribution in [-0.4, -0.2) is 23.2 Å². The van der Waals surface area contributed by atoms with Crippen molar-refractivity contribution in [3.05, 3.63) is 0 Å². The largest absolute Gasteiger partial charge is 0.311 e. The number of nitrogens with one attached hydrogen (secondary N) is 2. The van der Waals surface area contributed by atoms with Crippen molar-refractivity contribution in [1.29, 1.82) is 0 Å². The zero-order valence-corrected chi connectivity index (χ0v) is 12.3. The van der Waals surface area contributed by atoms with E-state index in [1.165, 1.54) is 32.1 Å². The molecule has 2 N–H and O–H groups in total. The molecule has 2 atom stereocenters. The van der Waals surface area contributed by atoms with E-state index in [0.717, 1.165) is 12.0 Å². The van der Waals surface area contributed by atoms with Crippen LogP contribution >= 0.6 is 0 Å². The van der Waals surface area contributed by atoms with E-state index in [4.69, 9.17) is 0 Å². The molecule has 0 amide bonds. The van der Waals surface area contributed by atoms with Crippen LogP contribution in [0.4, 0.5) is 0 Å². The second-order valence-corrected chi connectivity index (χ2v) is 7.68. The Balaban J connectivity index is 1.96. The van der Waals surface area contributed by atoms with Gasteiger partial charge in [0.2, 0.25) is 0 Å². The number of piperidine rings is 1. The normalized spacial score (nSPS) is 37.2. The molecule has 1 saturated carbocycles. The lowest BCUT2D eigenvalue weighted by atomic mass is 9.79. The van der Waals surface area contributed by atoms with Gasteiger partial charge in [0.1, 0.15) is 0 Å². The molecule has 2 heteroatoms. The monoisotopic (exact) mass is 238 g/mol. The summed E-state index contributed by atoms with van der Waals surface area (Å²) >= 11 is 0. The first-order valence-electron chi connectivity index (χ1n) is 7.33. The zero-order valence-electron chi connectivity index (χ0n) is 12.3. The van der Waals surface area contributed by atoms with Crippen LogP contribution in [0.25, 0.3) is 0 Å². The van der Waals surface area contributed by atoms with Gasteiger partial charge in [-0.3, -0.25) is 0 Å². The summed E-state index contributed by atoms with van der Waals surface area (Å²) in [5.41, 5.74) is 0.530. The minimum atomic E-state index is 0.265. The van der Waals surface area contributed by atoms with Gasteiger partial charge in [0.05, 0.1) is 0 Å². The third-order valence-corrected chi connectivity index (χ3v) is 4.50. The molecule has 0 bridgehead atoms. The van der Waals surface area contributed by atoms with E-state index in [2.05, 4.69) is 45.3 Å². The topological polar surface area (TPSA) is 24.1 Å². The Kier molecular flexibility index (Phi) is 3.57. The van der Waals surface area contributed by atoms with Crippen LogP contribution in [0.5, 0.6) is 0 Å². The Bertz CT molecular complexity index is 254. The Morgan fingerprint density at radius 3 is 2.06 bits per heavy atom. The van der Waals surface area contributed by atoms with Crippen LogP contribution in [-0.2, 0) is 0 Å². The lowest BCUT2D eigenvalue weighted by Crippen LogP contribution is -2.62. The van der Waals surface area contributed by atoms with Gasteiger partial charge in [-0.1, -0.05) is 13.3 Å². The van der Waals surface area contributed by atoms with Crippen molar-refractivity contribution in [1.82, 2.24) is 10.6 Å². The van der Waals surface area contributed by atoms with E-state index < -0.39 is 0 Å². The highest BCUT2D eigenvalue weighted by atomic mass is 15.1. The van der Waals surface area contributed by atoms with Crippen molar-refractivity contribution in [2.75, 3.05) is 0 Å². The summed E-state index contributed by atoms with van der Waals surface area (Å²) in [6.45, 7) is 11.7. The van der Waals surface area contributed by atoms with Gasteiger partial charge in [-0.25, -0.2) is 0 Å². The molecule has 0 radical (unpaired) electrons. The molecule has 2 rings (SSSR count). The first-order chi connectivity index (χ1) is 7.77. The minimum absolute atomic E-state index is 0.265. The molecule has 2 aliphatic rings. The molecule has 0 aromatic rings. The van der Waals surface area contributed by atoms with Gasteiger partial charge in [-0.15, -0.1) is 0 Å². The molecule has 17 heavy (non-hydrogen) atoms. The van der Waals surface area contributed by atoms with E-state index >= 15 is 0 Å². The highest BCUT2D eigenvalue weighted by molar-refractivity contribution is 5.00. The summed E-state index contributed by atoms with van der Waals surface area (Å²) in [4.78, 5) is 0. The van der Waals surface area contributed by atoms with Crippen molar-refractivity contribution >= 4 is 0 Å². The predicted molar refractivity (Wildman–Crippen MR) is 74.3 cm³/mol. The van der Waals surface area contributed by atoms with Crippen molar-refractivity contribution < 1.29 is 0 Å². The van der Waals surface area contributed by atoms with Crippen LogP contribution < -0.4 is 10.6 Å². The van der Waals surface area contributed by atoms with Gasteiger partial charge in [0, 0.05) is 23.2 Å². The number of hydrogen-bond acceptors (Lipinski definition) is 2. The van der Waals surface area contributed by atoms with E-state index in [9.17, 15) is 0 Å². The van der Waals surface area contributed by atoms with E-state index in [1.54, 1.807) is 0 Å². The van der Waals surface area contributed by atoms with Crippen molar-refractivity contribution in [2.24, 2.45) is 5.92 Å². The summed E-state index contributed by atoms with van der Waals surface area (Å²) in [6.07, 6.45) is 6.71. The summed E-state index contributed by atoms with van der Waals surface area (Å²) in [5, 5.41) is 7.70. The Morgan fingerprint density at radius 2 is 1.59 bits per heavy atom. The van der Waals surface area contributed by atoms with Gasteiger partial charge in [0.15, 0.2) is 0 Å². The first-order valence-corrected chi connectivity index (χ1v) is 7.33. The highest BCUT2D eigenvalue weighted by Crippen LogP contribution is 2.31. The van der Waals surface area contributed by atoms with Crippen LogP contribution in [0.15, 0.2) is 0 Å². The molecule has 2 fully saturated rings. The van der Waals surface area contributed by atoms with Crippen molar-refractivity contribution in [3.63, 3.8) is 0 Å². The molecule has 100 valence electrons. The molecule has 2 nitrogen and oxygen atoms in total. The highest BCUT2D eigenvalue weighted by Gasteiger charge is 2.39. The second-order valence-electron chi connectivity index (χ2n) is 7.68. The SMILES string of the molecule is CC1CCCC1NC1CC(C)(C)NC(C)(C)C1.